The van der Waals surface area contributed by atoms with Gasteiger partial charge in [0, 0.05) is 38.4 Å². The zero-order valence-corrected chi connectivity index (χ0v) is 18.8. The molecule has 0 heterocycles. The molecule has 1 N–H and O–H groups in total. The Morgan fingerprint density at radius 2 is 1.78 bits per heavy atom. The first-order valence-electron chi connectivity index (χ1n) is 9.71. The molecule has 3 nitrogen and oxygen atoms in total. The van der Waals surface area contributed by atoms with Gasteiger partial charge in [-0.2, -0.15) is 0 Å². The van der Waals surface area contributed by atoms with Crippen LogP contribution in [-0.4, -0.2) is 40.6 Å². The van der Waals surface area contributed by atoms with E-state index in [1.165, 1.54) is 27.3 Å². The predicted molar refractivity (Wildman–Crippen MR) is 121 cm³/mol. The number of ether oxygens (including phenoxy) is 1. The molecule has 0 radical (unpaired) electrons. The Hall–Kier alpha value is -1.49. The van der Waals surface area contributed by atoms with E-state index >= 15 is 0 Å². The van der Waals surface area contributed by atoms with Crippen LogP contribution in [0, 0.1) is 6.92 Å². The number of hydrogen-bond donors (Lipinski definition) is 1. The third kappa shape index (κ3) is 6.87. The van der Waals surface area contributed by atoms with Crippen molar-refractivity contribution in [2.45, 2.75) is 38.1 Å². The summed E-state index contributed by atoms with van der Waals surface area (Å²) < 4.78 is 5.20. The molecule has 150 valence electrons. The van der Waals surface area contributed by atoms with E-state index in [0.29, 0.717) is 0 Å². The number of anilines is 1. The fourth-order valence-electron chi connectivity index (χ4n) is 3.09. The second kappa shape index (κ2) is 12.8. The summed E-state index contributed by atoms with van der Waals surface area (Å²) in [6, 6.07) is 15.6. The van der Waals surface area contributed by atoms with Crippen molar-refractivity contribution in [3.63, 3.8) is 0 Å². The number of aryl methyl sites for hydroxylation is 1. The van der Waals surface area contributed by atoms with Gasteiger partial charge >= 0.3 is 0 Å². The van der Waals surface area contributed by atoms with Crippen LogP contribution in [0.2, 0.25) is 0 Å². The highest BCUT2D eigenvalue weighted by Crippen LogP contribution is 2.33. The monoisotopic (exact) mass is 388 g/mol. The summed E-state index contributed by atoms with van der Waals surface area (Å²) in [5, 5.41) is 3.75. The summed E-state index contributed by atoms with van der Waals surface area (Å²) >= 11 is 1.79. The number of nitrogens with one attached hydrogen (secondary N) is 1. The Balaban J connectivity index is 0.00000176. The molecular formula is C23H36N2OS. The van der Waals surface area contributed by atoms with Crippen molar-refractivity contribution in [3.8, 4) is 0 Å². The highest BCUT2D eigenvalue weighted by atomic mass is 32.2. The first kappa shape index (κ1) is 23.5. The fourth-order valence-corrected chi connectivity index (χ4v) is 3.59. The van der Waals surface area contributed by atoms with Crippen LogP contribution in [0.3, 0.4) is 0 Å². The van der Waals surface area contributed by atoms with Crippen LogP contribution in [0.1, 0.15) is 43.0 Å². The minimum absolute atomic E-state index is 0.173. The van der Waals surface area contributed by atoms with Crippen molar-refractivity contribution < 1.29 is 4.74 Å². The highest BCUT2D eigenvalue weighted by molar-refractivity contribution is 7.98. The quantitative estimate of drug-likeness (QED) is 0.451. The molecule has 0 aliphatic heterocycles. The highest BCUT2D eigenvalue weighted by Gasteiger charge is 2.19. The minimum Gasteiger partial charge on any atom is -0.385 e. The zero-order chi connectivity index (χ0) is 20.2. The smallest absolute Gasteiger partial charge is 0.0599 e. The van der Waals surface area contributed by atoms with Gasteiger partial charge in [0.2, 0.25) is 0 Å². The molecule has 0 saturated carbocycles. The second-order valence-electron chi connectivity index (χ2n) is 6.41. The average Bonchev–Trinajstić information content (AvgIpc) is 2.70. The van der Waals surface area contributed by atoms with Gasteiger partial charge in [-0.3, -0.25) is 0 Å². The Labute approximate surface area is 170 Å². The molecule has 1 atom stereocenters. The van der Waals surface area contributed by atoms with Crippen molar-refractivity contribution in [2.75, 3.05) is 45.5 Å². The van der Waals surface area contributed by atoms with Crippen molar-refractivity contribution in [2.24, 2.45) is 0 Å². The van der Waals surface area contributed by atoms with E-state index in [-0.39, 0.29) is 6.04 Å². The van der Waals surface area contributed by atoms with Gasteiger partial charge in [-0.25, -0.2) is 0 Å². The van der Waals surface area contributed by atoms with E-state index in [0.717, 1.165) is 19.6 Å². The normalized spacial score (nSPS) is 11.5. The molecule has 4 heteroatoms. The van der Waals surface area contributed by atoms with Crippen LogP contribution >= 0.6 is 11.8 Å². The van der Waals surface area contributed by atoms with E-state index in [1.807, 2.05) is 13.8 Å². The molecule has 0 aromatic heterocycles. The molecule has 0 bridgehead atoms. The predicted octanol–water partition coefficient (Wildman–Crippen LogP) is 5.52. The number of rotatable bonds is 9. The van der Waals surface area contributed by atoms with Gasteiger partial charge in [0.15, 0.2) is 0 Å². The summed E-state index contributed by atoms with van der Waals surface area (Å²) in [6.07, 6.45) is 3.12. The maximum Gasteiger partial charge on any atom is 0.0599 e. The molecule has 0 spiro atoms. The topological polar surface area (TPSA) is 24.5 Å². The van der Waals surface area contributed by atoms with Crippen molar-refractivity contribution in [3.05, 3.63) is 59.2 Å². The van der Waals surface area contributed by atoms with Crippen LogP contribution in [0.25, 0.3) is 0 Å². The number of methoxy groups -OCH3 is 1. The number of para-hydroxylation sites is 1. The van der Waals surface area contributed by atoms with Crippen molar-refractivity contribution >= 4 is 17.4 Å². The van der Waals surface area contributed by atoms with Crippen LogP contribution in [0.4, 0.5) is 5.69 Å². The van der Waals surface area contributed by atoms with E-state index in [1.54, 1.807) is 18.9 Å². The molecule has 0 aliphatic rings. The maximum absolute atomic E-state index is 5.20. The Bertz CT molecular complexity index is 673. The molecule has 0 amide bonds. The van der Waals surface area contributed by atoms with Crippen LogP contribution in [0.15, 0.2) is 47.4 Å². The number of thioether (sulfide) groups is 1. The Kier molecular flexibility index (Phi) is 11.2. The largest absolute Gasteiger partial charge is 0.385 e. The minimum atomic E-state index is 0.173. The summed E-state index contributed by atoms with van der Waals surface area (Å²) in [5.74, 6) is 0. The van der Waals surface area contributed by atoms with Gasteiger partial charge in [0.1, 0.15) is 0 Å². The molecule has 1 unspecified atom stereocenters. The van der Waals surface area contributed by atoms with Gasteiger partial charge in [0.25, 0.3) is 0 Å². The molecule has 2 aromatic rings. The molecule has 0 saturated heterocycles. The Morgan fingerprint density at radius 3 is 2.37 bits per heavy atom. The molecule has 2 rings (SSSR count). The van der Waals surface area contributed by atoms with Gasteiger partial charge in [0.05, 0.1) is 6.04 Å². The molecule has 0 fully saturated rings. The molecule has 2 aromatic carbocycles. The fraction of sp³-hybridized carbons (Fsp3) is 0.478. The van der Waals surface area contributed by atoms with Crippen LogP contribution < -0.4 is 10.2 Å². The zero-order valence-electron chi connectivity index (χ0n) is 18.0. The average molecular weight is 389 g/mol. The van der Waals surface area contributed by atoms with E-state index < -0.39 is 0 Å². The lowest BCUT2D eigenvalue weighted by Gasteiger charge is -2.27. The second-order valence-corrected chi connectivity index (χ2v) is 7.29. The molecule has 27 heavy (non-hydrogen) atoms. The van der Waals surface area contributed by atoms with Crippen LogP contribution in [-0.2, 0) is 4.74 Å². The van der Waals surface area contributed by atoms with Gasteiger partial charge in [-0.05, 0) is 61.0 Å². The van der Waals surface area contributed by atoms with Gasteiger partial charge in [-0.15, -0.1) is 11.8 Å². The van der Waals surface area contributed by atoms with Crippen molar-refractivity contribution in [1.82, 2.24) is 5.32 Å². The van der Waals surface area contributed by atoms with Crippen LogP contribution in [0.5, 0.6) is 0 Å². The summed E-state index contributed by atoms with van der Waals surface area (Å²) in [6.45, 7) is 7.90. The standard InChI is InChI=1S/C21H30N2OS.C2H6/c1-16-15-17(25-5)11-12-18(16)21(22-13-8-14-24-4)19-9-6-7-10-20(19)23(2)3;1-2/h6-7,9-12,15,21-22H,8,13-14H2,1-5H3;1-2H3. The Morgan fingerprint density at radius 1 is 1.07 bits per heavy atom. The summed E-state index contributed by atoms with van der Waals surface area (Å²) in [4.78, 5) is 3.49. The summed E-state index contributed by atoms with van der Waals surface area (Å²) in [5.41, 5.74) is 5.22. The van der Waals surface area contributed by atoms with Gasteiger partial charge < -0.3 is 15.0 Å². The summed E-state index contributed by atoms with van der Waals surface area (Å²) in [7, 11) is 5.96. The van der Waals surface area contributed by atoms with Gasteiger partial charge in [-0.1, -0.05) is 38.1 Å². The molecule has 0 aliphatic carbocycles. The maximum atomic E-state index is 5.20. The number of hydrogen-bond acceptors (Lipinski definition) is 4. The third-order valence-corrected chi connectivity index (χ3v) is 5.12. The third-order valence-electron chi connectivity index (χ3n) is 4.39. The SMILES string of the molecule is CC.COCCCNC(c1ccc(SC)cc1C)c1ccccc1N(C)C. The lowest BCUT2D eigenvalue weighted by molar-refractivity contribution is 0.193. The lowest BCUT2D eigenvalue weighted by Crippen LogP contribution is -2.27. The molecular weight excluding hydrogens is 352 g/mol. The lowest BCUT2D eigenvalue weighted by atomic mass is 9.93. The first-order chi connectivity index (χ1) is 13.1. The van der Waals surface area contributed by atoms with Crippen molar-refractivity contribution in [1.29, 1.82) is 0 Å². The first-order valence-corrected chi connectivity index (χ1v) is 10.9. The number of nitrogens with zero attached hydrogens (tertiary/aromatic N) is 1. The van der Waals surface area contributed by atoms with E-state index in [4.69, 9.17) is 4.74 Å². The number of benzene rings is 2. The van der Waals surface area contributed by atoms with E-state index in [2.05, 4.69) is 80.0 Å². The van der Waals surface area contributed by atoms with E-state index in [9.17, 15) is 0 Å².